The van der Waals surface area contributed by atoms with Crippen LogP contribution in [0.4, 0.5) is 0 Å². The van der Waals surface area contributed by atoms with Crippen LogP contribution in [0.3, 0.4) is 0 Å². The highest BCUT2D eigenvalue weighted by Gasteiger charge is 2.37. The van der Waals surface area contributed by atoms with Gasteiger partial charge in [0.1, 0.15) is 0 Å². The molecule has 0 bridgehead atoms. The van der Waals surface area contributed by atoms with Gasteiger partial charge in [-0.15, -0.1) is 0 Å². The number of carbonyl (C=O) groups excluding carboxylic acids is 1. The molecule has 1 aromatic rings. The van der Waals surface area contributed by atoms with Crippen molar-refractivity contribution in [2.45, 2.75) is 20.0 Å². The molecule has 2 heterocycles. The highest BCUT2D eigenvalue weighted by molar-refractivity contribution is 5.95. The summed E-state index contributed by atoms with van der Waals surface area (Å²) in [6, 6.07) is 5.75. The Kier molecular flexibility index (Phi) is 3.22. The molecule has 1 amide bonds. The van der Waals surface area contributed by atoms with Crippen LogP contribution in [0.15, 0.2) is 18.2 Å². The molecule has 2 aliphatic heterocycles. The summed E-state index contributed by atoms with van der Waals surface area (Å²) >= 11 is 0. The minimum Gasteiger partial charge on any atom is -0.481 e. The third-order valence-corrected chi connectivity index (χ3v) is 4.30. The fourth-order valence-corrected chi connectivity index (χ4v) is 3.06. The number of carboxylic acid groups (broad SMARTS) is 1. The standard InChI is InChI=1S/C15H18N2O3/c1-9-7-17(8-13(9)15(19)20)14(18)10-2-3-11-5-16-6-12(11)4-10/h2-4,9,13,16H,5-8H2,1H3,(H,19,20)/t9-,13-/m1/s1. The molecule has 0 saturated carbocycles. The van der Waals surface area contributed by atoms with Crippen LogP contribution >= 0.6 is 0 Å². The van der Waals surface area contributed by atoms with Crippen LogP contribution in [-0.2, 0) is 17.9 Å². The van der Waals surface area contributed by atoms with Crippen molar-refractivity contribution >= 4 is 11.9 Å². The van der Waals surface area contributed by atoms with Gasteiger partial charge in [0.05, 0.1) is 5.92 Å². The Morgan fingerprint density at radius 3 is 2.70 bits per heavy atom. The summed E-state index contributed by atoms with van der Waals surface area (Å²) in [6.07, 6.45) is 0. The van der Waals surface area contributed by atoms with E-state index in [9.17, 15) is 9.59 Å². The Morgan fingerprint density at radius 2 is 2.00 bits per heavy atom. The van der Waals surface area contributed by atoms with Crippen LogP contribution in [0.25, 0.3) is 0 Å². The molecule has 20 heavy (non-hydrogen) atoms. The molecule has 0 aliphatic carbocycles. The lowest BCUT2D eigenvalue weighted by Gasteiger charge is -2.16. The monoisotopic (exact) mass is 274 g/mol. The molecular weight excluding hydrogens is 256 g/mol. The molecule has 2 N–H and O–H groups in total. The van der Waals surface area contributed by atoms with Gasteiger partial charge in [-0.2, -0.15) is 0 Å². The smallest absolute Gasteiger partial charge is 0.308 e. The maximum atomic E-state index is 12.5. The number of carboxylic acids is 1. The summed E-state index contributed by atoms with van der Waals surface area (Å²) in [5.74, 6) is -1.32. The number of hydrogen-bond acceptors (Lipinski definition) is 3. The number of amides is 1. The molecule has 1 fully saturated rings. The van der Waals surface area contributed by atoms with Gasteiger partial charge < -0.3 is 15.3 Å². The molecule has 1 aromatic carbocycles. The Labute approximate surface area is 117 Å². The van der Waals surface area contributed by atoms with E-state index in [0.29, 0.717) is 18.7 Å². The maximum absolute atomic E-state index is 12.5. The molecule has 0 aromatic heterocycles. The van der Waals surface area contributed by atoms with Crippen LogP contribution in [-0.4, -0.2) is 35.0 Å². The van der Waals surface area contributed by atoms with Crippen molar-refractivity contribution in [3.05, 3.63) is 34.9 Å². The molecule has 0 unspecified atom stereocenters. The second kappa shape index (κ2) is 4.90. The van der Waals surface area contributed by atoms with E-state index in [2.05, 4.69) is 5.32 Å². The van der Waals surface area contributed by atoms with E-state index in [1.165, 1.54) is 5.56 Å². The lowest BCUT2D eigenvalue weighted by atomic mass is 9.99. The first-order valence-electron chi connectivity index (χ1n) is 6.91. The van der Waals surface area contributed by atoms with Crippen LogP contribution < -0.4 is 5.32 Å². The van der Waals surface area contributed by atoms with E-state index in [0.717, 1.165) is 18.7 Å². The number of hydrogen-bond donors (Lipinski definition) is 2. The SMILES string of the molecule is C[C@@H]1CN(C(=O)c2ccc3c(c2)CNC3)C[C@H]1C(=O)O. The topological polar surface area (TPSA) is 69.6 Å². The molecule has 2 aliphatic rings. The zero-order chi connectivity index (χ0) is 14.3. The molecule has 0 spiro atoms. The van der Waals surface area contributed by atoms with E-state index in [1.807, 2.05) is 25.1 Å². The maximum Gasteiger partial charge on any atom is 0.308 e. The molecule has 5 nitrogen and oxygen atoms in total. The molecule has 106 valence electrons. The highest BCUT2D eigenvalue weighted by atomic mass is 16.4. The van der Waals surface area contributed by atoms with Crippen LogP contribution in [0, 0.1) is 11.8 Å². The molecule has 0 radical (unpaired) electrons. The summed E-state index contributed by atoms with van der Waals surface area (Å²) in [7, 11) is 0. The van der Waals surface area contributed by atoms with Crippen molar-refractivity contribution in [2.24, 2.45) is 11.8 Å². The van der Waals surface area contributed by atoms with Crippen molar-refractivity contribution in [3.63, 3.8) is 0 Å². The summed E-state index contributed by atoms with van der Waals surface area (Å²) in [5, 5.41) is 12.4. The number of fused-ring (bicyclic) bond motifs is 1. The molecule has 3 rings (SSSR count). The van der Waals surface area contributed by atoms with Crippen molar-refractivity contribution < 1.29 is 14.7 Å². The largest absolute Gasteiger partial charge is 0.481 e. The van der Waals surface area contributed by atoms with E-state index < -0.39 is 11.9 Å². The molecular formula is C15H18N2O3. The zero-order valence-corrected chi connectivity index (χ0v) is 11.4. The summed E-state index contributed by atoms with van der Waals surface area (Å²) in [6.45, 7) is 4.37. The number of benzene rings is 1. The quantitative estimate of drug-likeness (QED) is 0.847. The highest BCUT2D eigenvalue weighted by Crippen LogP contribution is 2.25. The predicted octanol–water partition coefficient (Wildman–Crippen LogP) is 1.08. The van der Waals surface area contributed by atoms with Gasteiger partial charge >= 0.3 is 5.97 Å². The van der Waals surface area contributed by atoms with Crippen LogP contribution in [0.1, 0.15) is 28.4 Å². The number of nitrogens with zero attached hydrogens (tertiary/aromatic N) is 1. The summed E-state index contributed by atoms with van der Waals surface area (Å²) in [4.78, 5) is 25.3. The number of aliphatic carboxylic acids is 1. The van der Waals surface area contributed by atoms with E-state index >= 15 is 0 Å². The van der Waals surface area contributed by atoms with Gasteiger partial charge in [-0.25, -0.2) is 0 Å². The fraction of sp³-hybridized carbons (Fsp3) is 0.467. The van der Waals surface area contributed by atoms with Crippen molar-refractivity contribution in [1.82, 2.24) is 10.2 Å². The van der Waals surface area contributed by atoms with Gasteiger partial charge in [-0.1, -0.05) is 13.0 Å². The average Bonchev–Trinajstić information content (AvgIpc) is 3.02. The van der Waals surface area contributed by atoms with Crippen molar-refractivity contribution in [3.8, 4) is 0 Å². The van der Waals surface area contributed by atoms with Crippen LogP contribution in [0.5, 0.6) is 0 Å². The van der Waals surface area contributed by atoms with Crippen LogP contribution in [0.2, 0.25) is 0 Å². The minimum absolute atomic E-state index is 0.00699. The van der Waals surface area contributed by atoms with E-state index in [-0.39, 0.29) is 11.8 Å². The van der Waals surface area contributed by atoms with Gasteiger partial charge in [-0.05, 0) is 29.2 Å². The number of nitrogens with one attached hydrogen (secondary N) is 1. The normalized spacial score (nSPS) is 24.8. The summed E-state index contributed by atoms with van der Waals surface area (Å²) < 4.78 is 0. The average molecular weight is 274 g/mol. The third-order valence-electron chi connectivity index (χ3n) is 4.30. The van der Waals surface area contributed by atoms with Gasteiger partial charge in [-0.3, -0.25) is 9.59 Å². The second-order valence-electron chi connectivity index (χ2n) is 5.72. The van der Waals surface area contributed by atoms with Crippen molar-refractivity contribution in [1.29, 1.82) is 0 Å². The lowest BCUT2D eigenvalue weighted by Crippen LogP contribution is -2.30. The molecule has 5 heteroatoms. The number of rotatable bonds is 2. The second-order valence-corrected chi connectivity index (χ2v) is 5.72. The van der Waals surface area contributed by atoms with Gasteiger partial charge in [0.25, 0.3) is 5.91 Å². The first kappa shape index (κ1) is 13.1. The van der Waals surface area contributed by atoms with E-state index in [4.69, 9.17) is 5.11 Å². The number of carbonyl (C=O) groups is 2. The fourth-order valence-electron chi connectivity index (χ4n) is 3.06. The lowest BCUT2D eigenvalue weighted by molar-refractivity contribution is -0.142. The first-order chi connectivity index (χ1) is 9.56. The predicted molar refractivity (Wildman–Crippen MR) is 73.2 cm³/mol. The Balaban J connectivity index is 1.78. The number of likely N-dealkylation sites (tertiary alicyclic amines) is 1. The zero-order valence-electron chi connectivity index (χ0n) is 11.4. The molecule has 1 saturated heterocycles. The Morgan fingerprint density at radius 1 is 1.25 bits per heavy atom. The van der Waals surface area contributed by atoms with Gasteiger partial charge in [0, 0.05) is 31.7 Å². The van der Waals surface area contributed by atoms with Gasteiger partial charge in [0.2, 0.25) is 0 Å². The van der Waals surface area contributed by atoms with Crippen molar-refractivity contribution in [2.75, 3.05) is 13.1 Å². The van der Waals surface area contributed by atoms with E-state index in [1.54, 1.807) is 4.90 Å². The minimum atomic E-state index is -0.814. The summed E-state index contributed by atoms with van der Waals surface area (Å²) in [5.41, 5.74) is 3.06. The molecule has 2 atom stereocenters. The Hall–Kier alpha value is -1.88. The van der Waals surface area contributed by atoms with Gasteiger partial charge in [0.15, 0.2) is 0 Å². The third kappa shape index (κ3) is 2.18. The first-order valence-corrected chi connectivity index (χ1v) is 6.91. The Bertz CT molecular complexity index is 570.